The lowest BCUT2D eigenvalue weighted by atomic mass is 9.81. The van der Waals surface area contributed by atoms with Gasteiger partial charge in [0, 0.05) is 18.1 Å². The summed E-state index contributed by atoms with van der Waals surface area (Å²) in [5.74, 6) is 0.877. The molecule has 3 aromatic rings. The molecule has 82 heavy (non-hydrogen) atoms. The average molecular weight is 1140 g/mol. The summed E-state index contributed by atoms with van der Waals surface area (Å²) >= 11 is 0. The molecule has 1 aliphatic heterocycles. The van der Waals surface area contributed by atoms with E-state index in [-0.39, 0.29) is 11.0 Å². The monoisotopic (exact) mass is 1140 g/mol. The van der Waals surface area contributed by atoms with Gasteiger partial charge in [0.1, 0.15) is 0 Å². The first-order valence-corrected chi connectivity index (χ1v) is 32.6. The van der Waals surface area contributed by atoms with E-state index < -0.39 is 0 Å². The lowest BCUT2D eigenvalue weighted by Crippen LogP contribution is -2.53. The minimum absolute atomic E-state index is 0.223. The van der Waals surface area contributed by atoms with Gasteiger partial charge in [-0.05, 0) is 150 Å². The van der Waals surface area contributed by atoms with Crippen molar-refractivity contribution in [3.8, 4) is 0 Å². The molecule has 1 saturated carbocycles. The molecular formula is C81H153N. The molecule has 0 bridgehead atoms. The van der Waals surface area contributed by atoms with Crippen LogP contribution in [0.25, 0.3) is 10.8 Å². The molecule has 1 fully saturated rings. The van der Waals surface area contributed by atoms with Crippen molar-refractivity contribution in [2.24, 2.45) is 60.1 Å². The molecule has 3 aliphatic rings. The molecule has 1 unspecified atom stereocenters. The fourth-order valence-electron chi connectivity index (χ4n) is 9.75. The molecule has 0 radical (unpaired) electrons. The molecule has 1 heteroatoms. The minimum Gasteiger partial charge on any atom is -0.291 e. The lowest BCUT2D eigenvalue weighted by molar-refractivity contribution is 0.0444. The molecule has 482 valence electrons. The Labute approximate surface area is 520 Å². The minimum atomic E-state index is 0.223. The average Bonchev–Trinajstić information content (AvgIpc) is 3.42. The quantitative estimate of drug-likeness (QED) is 0.203. The molecular weight excluding hydrogens is 987 g/mol. The Morgan fingerprint density at radius 1 is 0.378 bits per heavy atom. The Kier molecular flexibility index (Phi) is 34.7. The molecule has 1 atom stereocenters. The van der Waals surface area contributed by atoms with E-state index in [0.29, 0.717) is 65.6 Å². The standard InChI is InChI=1S/C14H16.C13H25N.C13H18.C11H22.6C5H12/c1-14(2,3)13-10-6-8-11-7-4-5-9-12(11)13;1-12(2,3)11-9-7-8-10-14(11)13(4,5)6;1-13(2,3)12-9-5-7-10-6-4-8-11(10)12;1-9(2,3)8-10(4,5)11(8,6)7;6*1-5(2,3)4/h4-10H,1-3H3;7,9,11H,8,10H2,1-6H3;5,7,9H,4,6,8H2,1-3H3;8H,1-7H3;6*1-4H3. The maximum atomic E-state index is 2.62. The lowest BCUT2D eigenvalue weighted by Gasteiger charge is -2.47. The van der Waals surface area contributed by atoms with Crippen LogP contribution in [0.1, 0.15) is 333 Å². The zero-order valence-corrected chi connectivity index (χ0v) is 64.6. The molecule has 1 heterocycles. The number of aryl methyl sites for hydroxylation is 1. The van der Waals surface area contributed by atoms with Gasteiger partial charge in [-0.15, -0.1) is 0 Å². The highest BCUT2D eigenvalue weighted by Crippen LogP contribution is 2.74. The normalized spacial score (nSPS) is 17.1. The predicted molar refractivity (Wildman–Crippen MR) is 385 cm³/mol. The molecule has 0 N–H and O–H groups in total. The van der Waals surface area contributed by atoms with Gasteiger partial charge in [0.2, 0.25) is 0 Å². The summed E-state index contributed by atoms with van der Waals surface area (Å²) < 4.78 is 0. The van der Waals surface area contributed by atoms with Gasteiger partial charge in [-0.25, -0.2) is 0 Å². The summed E-state index contributed by atoms with van der Waals surface area (Å²) in [6.45, 7) is 97.9. The van der Waals surface area contributed by atoms with Gasteiger partial charge in [-0.2, -0.15) is 0 Å². The van der Waals surface area contributed by atoms with E-state index in [4.69, 9.17) is 0 Å². The Bertz CT molecular complexity index is 2040. The number of fused-ring (bicyclic) bond motifs is 2. The Balaban J connectivity index is -0.000000427. The third-order valence-electron chi connectivity index (χ3n) is 12.4. The van der Waals surface area contributed by atoms with Crippen molar-refractivity contribution >= 4 is 10.8 Å². The Hall–Kier alpha value is -2.38. The van der Waals surface area contributed by atoms with Crippen molar-refractivity contribution in [3.05, 3.63) is 95.1 Å². The largest absolute Gasteiger partial charge is 0.291 e. The SMILES string of the molecule is CC(C)(C)C.CC(C)(C)C.CC(C)(C)C.CC(C)(C)C.CC(C)(C)C.CC(C)(C)C.CC(C)(C)C1C(C)(C)C1(C)C.CC(C)(C)C1C=CCCN1C(C)(C)C.CC(C)(C)c1cccc2c1CCC2.CC(C)(C)c1cccc2ccccc12. The molecule has 0 spiro atoms. The van der Waals surface area contributed by atoms with Crippen LogP contribution in [0.3, 0.4) is 0 Å². The fraction of sp³-hybridized carbons (Fsp3) is 0.778. The van der Waals surface area contributed by atoms with Crippen LogP contribution < -0.4 is 0 Å². The second-order valence-electron chi connectivity index (χ2n) is 40.5. The smallest absolute Gasteiger partial charge is 0.0332 e. The Morgan fingerprint density at radius 2 is 0.707 bits per heavy atom. The summed E-state index contributed by atoms with van der Waals surface area (Å²) in [6, 6.07) is 22.5. The third-order valence-corrected chi connectivity index (χ3v) is 12.4. The van der Waals surface area contributed by atoms with E-state index >= 15 is 0 Å². The predicted octanol–water partition coefficient (Wildman–Crippen LogP) is 27.1. The van der Waals surface area contributed by atoms with Gasteiger partial charge in [0.25, 0.3) is 0 Å². The highest BCUT2D eigenvalue weighted by Gasteiger charge is 2.68. The molecule has 0 saturated heterocycles. The summed E-state index contributed by atoms with van der Waals surface area (Å²) in [5.41, 5.74) is 11.9. The first-order chi connectivity index (χ1) is 35.5. The van der Waals surface area contributed by atoms with Crippen LogP contribution >= 0.6 is 0 Å². The van der Waals surface area contributed by atoms with Crippen molar-refractivity contribution in [2.45, 2.75) is 346 Å². The van der Waals surface area contributed by atoms with Crippen molar-refractivity contribution in [2.75, 3.05) is 6.54 Å². The highest BCUT2D eigenvalue weighted by atomic mass is 15.2. The first-order valence-electron chi connectivity index (χ1n) is 32.6. The summed E-state index contributed by atoms with van der Waals surface area (Å²) in [4.78, 5) is 2.62. The molecule has 1 nitrogen and oxygen atoms in total. The van der Waals surface area contributed by atoms with Gasteiger partial charge in [-0.1, -0.05) is 350 Å². The van der Waals surface area contributed by atoms with Gasteiger partial charge in [0.05, 0.1) is 0 Å². The second-order valence-corrected chi connectivity index (χ2v) is 40.5. The van der Waals surface area contributed by atoms with E-state index in [9.17, 15) is 0 Å². The number of hydrogen-bond donors (Lipinski definition) is 0. The zero-order chi connectivity index (χ0) is 66.7. The number of benzene rings is 3. The van der Waals surface area contributed by atoms with Crippen LogP contribution in [0.4, 0.5) is 0 Å². The summed E-state index contributed by atoms with van der Waals surface area (Å²) in [7, 11) is 0. The third kappa shape index (κ3) is 46.9. The van der Waals surface area contributed by atoms with E-state index in [0.717, 1.165) is 5.92 Å². The fourth-order valence-corrected chi connectivity index (χ4v) is 9.75. The van der Waals surface area contributed by atoms with E-state index in [2.05, 4.69) is 375 Å². The topological polar surface area (TPSA) is 3.24 Å². The van der Waals surface area contributed by atoms with E-state index in [1.54, 1.807) is 16.7 Å². The molecule has 0 amide bonds. The highest BCUT2D eigenvalue weighted by molar-refractivity contribution is 5.86. The van der Waals surface area contributed by atoms with Crippen LogP contribution in [0.15, 0.2) is 72.8 Å². The van der Waals surface area contributed by atoms with Crippen LogP contribution in [0, 0.1) is 60.1 Å². The van der Waals surface area contributed by atoms with Crippen molar-refractivity contribution in [3.63, 3.8) is 0 Å². The summed E-state index contributed by atoms with van der Waals surface area (Å²) in [5, 5.41) is 2.71. The van der Waals surface area contributed by atoms with Crippen LogP contribution in [0.5, 0.6) is 0 Å². The van der Waals surface area contributed by atoms with Crippen LogP contribution in [-0.2, 0) is 23.7 Å². The molecule has 2 aliphatic carbocycles. The second kappa shape index (κ2) is 33.1. The van der Waals surface area contributed by atoms with E-state index in [1.807, 2.05) is 0 Å². The Morgan fingerprint density at radius 3 is 1.00 bits per heavy atom. The van der Waals surface area contributed by atoms with Gasteiger partial charge < -0.3 is 0 Å². The van der Waals surface area contributed by atoms with Crippen molar-refractivity contribution in [1.82, 2.24) is 4.90 Å². The van der Waals surface area contributed by atoms with Gasteiger partial charge in [-0.3, -0.25) is 4.90 Å². The molecule has 3 aromatic carbocycles. The van der Waals surface area contributed by atoms with Crippen molar-refractivity contribution in [1.29, 1.82) is 0 Å². The first kappa shape index (κ1) is 86.1. The van der Waals surface area contributed by atoms with Crippen LogP contribution in [-0.4, -0.2) is 23.0 Å². The van der Waals surface area contributed by atoms with Gasteiger partial charge in [0.15, 0.2) is 0 Å². The van der Waals surface area contributed by atoms with Gasteiger partial charge >= 0.3 is 0 Å². The molecule has 0 aromatic heterocycles. The van der Waals surface area contributed by atoms with Crippen LogP contribution in [0.2, 0.25) is 0 Å². The van der Waals surface area contributed by atoms with E-state index in [1.165, 1.54) is 48.6 Å². The zero-order valence-electron chi connectivity index (χ0n) is 64.6. The summed E-state index contributed by atoms with van der Waals surface area (Å²) in [6.07, 6.45) is 9.85. The van der Waals surface area contributed by atoms with Crippen molar-refractivity contribution < 1.29 is 0 Å². The number of hydrogen-bond acceptors (Lipinski definition) is 1. The maximum absolute atomic E-state index is 2.62. The number of nitrogens with zero attached hydrogens (tertiary/aromatic N) is 1. The molecule has 6 rings (SSSR count). The number of rotatable bonds is 0. The maximum Gasteiger partial charge on any atom is 0.0332 e.